The van der Waals surface area contributed by atoms with Crippen molar-refractivity contribution < 1.29 is 4.92 Å². The quantitative estimate of drug-likeness (QED) is 0.587. The van der Waals surface area contributed by atoms with Crippen LogP contribution >= 0.6 is 11.6 Å². The summed E-state index contributed by atoms with van der Waals surface area (Å²) in [5.74, 6) is 0. The van der Waals surface area contributed by atoms with Gasteiger partial charge >= 0.3 is 0 Å². The molecule has 1 aromatic rings. The summed E-state index contributed by atoms with van der Waals surface area (Å²) in [6.07, 6.45) is 0. The Labute approximate surface area is 80.5 Å². The highest BCUT2D eigenvalue weighted by Gasteiger charge is 2.17. The van der Waals surface area contributed by atoms with Crippen molar-refractivity contribution in [2.24, 2.45) is 5.73 Å². The maximum absolute atomic E-state index is 10.6. The molecule has 13 heavy (non-hydrogen) atoms. The van der Waals surface area contributed by atoms with E-state index in [1.165, 1.54) is 6.07 Å². The molecule has 0 spiro atoms. The molecule has 0 saturated heterocycles. The van der Waals surface area contributed by atoms with Gasteiger partial charge in [-0.2, -0.15) is 0 Å². The van der Waals surface area contributed by atoms with Gasteiger partial charge in [-0.1, -0.05) is 17.7 Å². The Morgan fingerprint density at radius 3 is 2.69 bits per heavy atom. The van der Waals surface area contributed by atoms with Crippen LogP contribution in [0.2, 0.25) is 5.02 Å². The molecule has 0 aliphatic rings. The standard InChI is InChI=1S/C8H9ClN2O2/c1-5-6(4-10)2-3-7(9)8(5)11(12)13/h2-3H,4,10H2,1H3. The first-order chi connectivity index (χ1) is 6.07. The van der Waals surface area contributed by atoms with Crippen molar-refractivity contribution in [1.29, 1.82) is 0 Å². The van der Waals surface area contributed by atoms with E-state index in [9.17, 15) is 10.1 Å². The maximum atomic E-state index is 10.6. The third-order valence-corrected chi connectivity index (χ3v) is 2.20. The van der Waals surface area contributed by atoms with Crippen molar-refractivity contribution >= 4 is 17.3 Å². The van der Waals surface area contributed by atoms with Gasteiger partial charge in [0.1, 0.15) is 5.02 Å². The first-order valence-corrected chi connectivity index (χ1v) is 4.08. The van der Waals surface area contributed by atoms with Gasteiger partial charge in [0, 0.05) is 12.1 Å². The van der Waals surface area contributed by atoms with Gasteiger partial charge in [-0.15, -0.1) is 0 Å². The molecular weight excluding hydrogens is 192 g/mol. The summed E-state index contributed by atoms with van der Waals surface area (Å²) < 4.78 is 0. The van der Waals surface area contributed by atoms with Gasteiger partial charge < -0.3 is 5.73 Å². The first-order valence-electron chi connectivity index (χ1n) is 3.70. The van der Waals surface area contributed by atoms with Crippen molar-refractivity contribution in [3.05, 3.63) is 38.4 Å². The Hall–Kier alpha value is -1.13. The van der Waals surface area contributed by atoms with E-state index < -0.39 is 4.92 Å². The lowest BCUT2D eigenvalue weighted by atomic mass is 10.1. The molecule has 0 amide bonds. The van der Waals surface area contributed by atoms with Crippen LogP contribution < -0.4 is 5.73 Å². The summed E-state index contributed by atoms with van der Waals surface area (Å²) in [7, 11) is 0. The van der Waals surface area contributed by atoms with Crippen LogP contribution in [0, 0.1) is 17.0 Å². The zero-order valence-electron chi connectivity index (χ0n) is 7.08. The van der Waals surface area contributed by atoms with Crippen LogP contribution in [0.3, 0.4) is 0 Å². The molecule has 5 heteroatoms. The van der Waals surface area contributed by atoms with Crippen molar-refractivity contribution in [1.82, 2.24) is 0 Å². The number of nitro benzene ring substituents is 1. The summed E-state index contributed by atoms with van der Waals surface area (Å²) in [6.45, 7) is 1.93. The molecule has 0 aliphatic carbocycles. The van der Waals surface area contributed by atoms with E-state index in [1.54, 1.807) is 13.0 Å². The first kappa shape index (κ1) is 9.95. The maximum Gasteiger partial charge on any atom is 0.291 e. The van der Waals surface area contributed by atoms with Crippen LogP contribution in [-0.4, -0.2) is 4.92 Å². The highest BCUT2D eigenvalue weighted by Crippen LogP contribution is 2.29. The number of hydrogen-bond acceptors (Lipinski definition) is 3. The predicted octanol–water partition coefficient (Wildman–Crippen LogP) is 2.02. The summed E-state index contributed by atoms with van der Waals surface area (Å²) in [4.78, 5) is 10.1. The van der Waals surface area contributed by atoms with Gasteiger partial charge in [0.05, 0.1) is 4.92 Å². The fourth-order valence-corrected chi connectivity index (χ4v) is 1.43. The molecule has 0 atom stereocenters. The molecule has 0 saturated carbocycles. The minimum Gasteiger partial charge on any atom is -0.326 e. The van der Waals surface area contributed by atoms with E-state index in [1.807, 2.05) is 0 Å². The number of benzene rings is 1. The minimum absolute atomic E-state index is 0.0513. The normalized spacial score (nSPS) is 10.1. The zero-order valence-corrected chi connectivity index (χ0v) is 7.84. The molecule has 4 nitrogen and oxygen atoms in total. The molecule has 0 heterocycles. The average Bonchev–Trinajstić information content (AvgIpc) is 2.04. The third kappa shape index (κ3) is 1.79. The lowest BCUT2D eigenvalue weighted by Crippen LogP contribution is -2.02. The number of nitrogens with two attached hydrogens (primary N) is 1. The van der Waals surface area contributed by atoms with Crippen LogP contribution in [0.15, 0.2) is 12.1 Å². The van der Waals surface area contributed by atoms with Gasteiger partial charge in [0.25, 0.3) is 5.69 Å². The van der Waals surface area contributed by atoms with Crippen molar-refractivity contribution in [3.63, 3.8) is 0 Å². The molecule has 1 aromatic carbocycles. The molecule has 2 N–H and O–H groups in total. The molecule has 0 unspecified atom stereocenters. The van der Waals surface area contributed by atoms with Gasteiger partial charge in [-0.05, 0) is 18.6 Å². The van der Waals surface area contributed by atoms with Gasteiger partial charge in [0.2, 0.25) is 0 Å². The molecule has 0 radical (unpaired) electrons. The topological polar surface area (TPSA) is 69.2 Å². The van der Waals surface area contributed by atoms with Gasteiger partial charge in [-0.3, -0.25) is 10.1 Å². The molecule has 70 valence electrons. The molecule has 0 aliphatic heterocycles. The fourth-order valence-electron chi connectivity index (χ4n) is 1.15. The minimum atomic E-state index is -0.489. The largest absolute Gasteiger partial charge is 0.326 e. The third-order valence-electron chi connectivity index (χ3n) is 1.90. The molecule has 0 fully saturated rings. The number of nitro groups is 1. The van der Waals surface area contributed by atoms with E-state index in [2.05, 4.69) is 0 Å². The zero-order chi connectivity index (χ0) is 10.0. The average molecular weight is 201 g/mol. The van der Waals surface area contributed by atoms with E-state index in [-0.39, 0.29) is 17.3 Å². The monoisotopic (exact) mass is 200 g/mol. The Balaban J connectivity index is 3.38. The van der Waals surface area contributed by atoms with Crippen molar-refractivity contribution in [2.45, 2.75) is 13.5 Å². The Kier molecular flexibility index (Phi) is 2.85. The number of halogens is 1. The Morgan fingerprint density at radius 2 is 2.23 bits per heavy atom. The highest BCUT2D eigenvalue weighted by atomic mass is 35.5. The number of rotatable bonds is 2. The SMILES string of the molecule is Cc1c(CN)ccc(Cl)c1[N+](=O)[O-]. The van der Waals surface area contributed by atoms with Crippen molar-refractivity contribution in [3.8, 4) is 0 Å². The van der Waals surface area contributed by atoms with Gasteiger partial charge in [0.15, 0.2) is 0 Å². The second kappa shape index (κ2) is 3.72. The molecule has 1 rings (SSSR count). The highest BCUT2D eigenvalue weighted by molar-refractivity contribution is 6.32. The van der Waals surface area contributed by atoms with Gasteiger partial charge in [-0.25, -0.2) is 0 Å². The lowest BCUT2D eigenvalue weighted by Gasteiger charge is -2.04. The van der Waals surface area contributed by atoms with E-state index in [4.69, 9.17) is 17.3 Å². The van der Waals surface area contributed by atoms with Crippen LogP contribution in [0.25, 0.3) is 0 Å². The van der Waals surface area contributed by atoms with Crippen molar-refractivity contribution in [2.75, 3.05) is 0 Å². The molecule has 0 aromatic heterocycles. The summed E-state index contributed by atoms with van der Waals surface area (Å²) in [5.41, 5.74) is 6.64. The van der Waals surface area contributed by atoms with E-state index in [0.29, 0.717) is 5.56 Å². The van der Waals surface area contributed by atoms with E-state index >= 15 is 0 Å². The molecular formula is C8H9ClN2O2. The number of nitrogens with zero attached hydrogens (tertiary/aromatic N) is 1. The van der Waals surface area contributed by atoms with Crippen LogP contribution in [0.1, 0.15) is 11.1 Å². The smallest absolute Gasteiger partial charge is 0.291 e. The Bertz CT molecular complexity index is 352. The molecule has 0 bridgehead atoms. The fraction of sp³-hybridized carbons (Fsp3) is 0.250. The lowest BCUT2D eigenvalue weighted by molar-refractivity contribution is -0.385. The van der Waals surface area contributed by atoms with Crippen LogP contribution in [0.4, 0.5) is 5.69 Å². The second-order valence-corrected chi connectivity index (χ2v) is 3.05. The summed E-state index contributed by atoms with van der Waals surface area (Å²) in [6, 6.07) is 3.19. The second-order valence-electron chi connectivity index (χ2n) is 2.64. The predicted molar refractivity (Wildman–Crippen MR) is 50.7 cm³/mol. The summed E-state index contributed by atoms with van der Waals surface area (Å²) in [5, 5.41) is 10.7. The Morgan fingerprint density at radius 1 is 1.62 bits per heavy atom. The number of hydrogen-bond donors (Lipinski definition) is 1. The van der Waals surface area contributed by atoms with Crippen LogP contribution in [0.5, 0.6) is 0 Å². The van der Waals surface area contributed by atoms with Crippen LogP contribution in [-0.2, 0) is 6.54 Å². The summed E-state index contributed by atoms with van der Waals surface area (Å²) >= 11 is 5.67. The van der Waals surface area contributed by atoms with E-state index in [0.717, 1.165) is 5.56 Å².